The van der Waals surface area contributed by atoms with E-state index < -0.39 is 0 Å². The number of carbonyl (C=O) groups excluding carboxylic acids is 1. The third kappa shape index (κ3) is 3.38. The molecule has 0 heterocycles. The van der Waals surface area contributed by atoms with Gasteiger partial charge >= 0.3 is 0 Å². The van der Waals surface area contributed by atoms with Crippen LogP contribution in [0, 0.1) is 5.41 Å². The van der Waals surface area contributed by atoms with Gasteiger partial charge in [0.2, 0.25) is 0 Å². The Bertz CT molecular complexity index is 162. The zero-order valence-corrected chi connectivity index (χ0v) is 8.03. The normalized spacial score (nSPS) is 10.9. The Hall–Kier alpha value is -0.550. The van der Waals surface area contributed by atoms with Crippen LogP contribution in [0.5, 0.6) is 0 Å². The molecular weight excluding hydrogens is 136 g/mol. The standard InChI is InChI=1S/C10H18O/c1-5-6-7-10(3,4)9(2)8-11/h5-7H2,1-4H3. The maximum atomic E-state index is 10.4. The van der Waals surface area contributed by atoms with Crippen LogP contribution >= 0.6 is 0 Å². The lowest BCUT2D eigenvalue weighted by molar-refractivity contribution is 0.392. The minimum atomic E-state index is 0.0533. The molecule has 0 saturated heterocycles. The molecule has 0 fully saturated rings. The Morgan fingerprint density at radius 3 is 2.36 bits per heavy atom. The van der Waals surface area contributed by atoms with E-state index >= 15 is 0 Å². The molecule has 1 heteroatoms. The van der Waals surface area contributed by atoms with Crippen LogP contribution in [0.25, 0.3) is 0 Å². The summed E-state index contributed by atoms with van der Waals surface area (Å²) in [6.45, 7) is 8.23. The highest BCUT2D eigenvalue weighted by atomic mass is 16.1. The van der Waals surface area contributed by atoms with E-state index in [1.807, 2.05) is 12.9 Å². The van der Waals surface area contributed by atoms with E-state index in [0.717, 1.165) is 12.0 Å². The molecule has 0 spiro atoms. The topological polar surface area (TPSA) is 17.1 Å². The summed E-state index contributed by atoms with van der Waals surface area (Å²) in [6.07, 6.45) is 3.46. The van der Waals surface area contributed by atoms with E-state index in [9.17, 15) is 4.79 Å². The van der Waals surface area contributed by atoms with Gasteiger partial charge in [0.15, 0.2) is 0 Å². The summed E-state index contributed by atoms with van der Waals surface area (Å²) in [4.78, 5) is 10.4. The molecule has 1 nitrogen and oxygen atoms in total. The van der Waals surface area contributed by atoms with Gasteiger partial charge in [-0.05, 0) is 18.8 Å². The summed E-state index contributed by atoms with van der Waals surface area (Å²) in [5, 5.41) is 0. The Kier molecular flexibility index (Phi) is 4.14. The Labute approximate surface area is 69.5 Å². The fourth-order valence-electron chi connectivity index (χ4n) is 0.944. The third-order valence-electron chi connectivity index (χ3n) is 2.32. The molecule has 0 aromatic carbocycles. The van der Waals surface area contributed by atoms with Crippen LogP contribution in [0.3, 0.4) is 0 Å². The Morgan fingerprint density at radius 2 is 2.00 bits per heavy atom. The van der Waals surface area contributed by atoms with Gasteiger partial charge < -0.3 is 0 Å². The summed E-state index contributed by atoms with van der Waals surface area (Å²) in [7, 11) is 0. The van der Waals surface area contributed by atoms with Crippen molar-refractivity contribution in [1.82, 2.24) is 0 Å². The zero-order chi connectivity index (χ0) is 8.91. The van der Waals surface area contributed by atoms with E-state index in [0.29, 0.717) is 0 Å². The van der Waals surface area contributed by atoms with Crippen molar-refractivity contribution < 1.29 is 4.79 Å². The number of unbranched alkanes of at least 4 members (excludes halogenated alkanes) is 1. The summed E-state index contributed by atoms with van der Waals surface area (Å²) >= 11 is 0. The predicted octanol–water partition coefficient (Wildman–Crippen LogP) is 2.98. The van der Waals surface area contributed by atoms with Gasteiger partial charge in [0.05, 0.1) is 0 Å². The maximum absolute atomic E-state index is 10.4. The molecule has 0 atom stereocenters. The molecule has 0 unspecified atom stereocenters. The van der Waals surface area contributed by atoms with Crippen molar-refractivity contribution in [3.05, 3.63) is 5.57 Å². The first-order valence-electron chi connectivity index (χ1n) is 4.26. The quantitative estimate of drug-likeness (QED) is 0.569. The van der Waals surface area contributed by atoms with Gasteiger partial charge in [-0.25, -0.2) is 4.79 Å². The monoisotopic (exact) mass is 154 g/mol. The Morgan fingerprint density at radius 1 is 1.45 bits per heavy atom. The summed E-state index contributed by atoms with van der Waals surface area (Å²) in [5.74, 6) is 1.98. The van der Waals surface area contributed by atoms with E-state index in [-0.39, 0.29) is 5.41 Å². The summed E-state index contributed by atoms with van der Waals surface area (Å²) < 4.78 is 0. The first kappa shape index (κ1) is 10.4. The lowest BCUT2D eigenvalue weighted by Gasteiger charge is -2.22. The fourth-order valence-corrected chi connectivity index (χ4v) is 0.944. The largest absolute Gasteiger partial charge is 0.234 e. The molecule has 0 N–H and O–H groups in total. The van der Waals surface area contributed by atoms with E-state index in [2.05, 4.69) is 20.8 Å². The van der Waals surface area contributed by atoms with Gasteiger partial charge in [-0.2, -0.15) is 0 Å². The highest BCUT2D eigenvalue weighted by Crippen LogP contribution is 2.29. The van der Waals surface area contributed by atoms with Gasteiger partial charge in [0.1, 0.15) is 5.94 Å². The SMILES string of the molecule is CCCCC(C)(C)C(C)=C=O. The van der Waals surface area contributed by atoms with Crippen LogP contribution in [0.2, 0.25) is 0 Å². The smallest absolute Gasteiger partial charge is 0.123 e. The van der Waals surface area contributed by atoms with Gasteiger partial charge in [0, 0.05) is 5.57 Å². The van der Waals surface area contributed by atoms with Crippen molar-refractivity contribution in [3.8, 4) is 0 Å². The number of hydrogen-bond donors (Lipinski definition) is 0. The Balaban J connectivity index is 4.10. The van der Waals surface area contributed by atoms with Crippen molar-refractivity contribution in [1.29, 1.82) is 0 Å². The van der Waals surface area contributed by atoms with Crippen LogP contribution in [0.15, 0.2) is 5.57 Å². The van der Waals surface area contributed by atoms with Crippen LogP contribution in [0.4, 0.5) is 0 Å². The van der Waals surface area contributed by atoms with Gasteiger partial charge in [-0.15, -0.1) is 0 Å². The minimum Gasteiger partial charge on any atom is -0.234 e. The number of allylic oxidation sites excluding steroid dienone is 1. The van der Waals surface area contributed by atoms with Crippen LogP contribution < -0.4 is 0 Å². The molecule has 0 amide bonds. The predicted molar refractivity (Wildman–Crippen MR) is 48.2 cm³/mol. The second-order valence-corrected chi connectivity index (χ2v) is 3.71. The molecule has 0 aromatic rings. The van der Waals surface area contributed by atoms with Crippen LogP contribution in [0.1, 0.15) is 47.0 Å². The first-order chi connectivity index (χ1) is 5.04. The first-order valence-corrected chi connectivity index (χ1v) is 4.26. The molecule has 0 aliphatic heterocycles. The van der Waals surface area contributed by atoms with Gasteiger partial charge in [-0.1, -0.05) is 33.6 Å². The molecule has 11 heavy (non-hydrogen) atoms. The molecule has 0 aliphatic rings. The van der Waals surface area contributed by atoms with Gasteiger partial charge in [-0.3, -0.25) is 0 Å². The maximum Gasteiger partial charge on any atom is 0.123 e. The molecule has 64 valence electrons. The van der Waals surface area contributed by atoms with Crippen LogP contribution in [-0.4, -0.2) is 5.94 Å². The third-order valence-corrected chi connectivity index (χ3v) is 2.32. The number of hydrogen-bond acceptors (Lipinski definition) is 1. The highest BCUT2D eigenvalue weighted by molar-refractivity contribution is 5.53. The second kappa shape index (κ2) is 4.35. The number of rotatable bonds is 4. The highest BCUT2D eigenvalue weighted by Gasteiger charge is 2.19. The molecular formula is C10H18O. The summed E-state index contributed by atoms with van der Waals surface area (Å²) in [6, 6.07) is 0. The van der Waals surface area contributed by atoms with Crippen molar-refractivity contribution >= 4 is 5.94 Å². The molecule has 0 saturated carbocycles. The minimum absolute atomic E-state index is 0.0533. The molecule has 0 aliphatic carbocycles. The average Bonchev–Trinajstić information content (AvgIpc) is 1.99. The van der Waals surface area contributed by atoms with Crippen LogP contribution in [-0.2, 0) is 4.79 Å². The van der Waals surface area contributed by atoms with E-state index in [4.69, 9.17) is 0 Å². The average molecular weight is 154 g/mol. The summed E-state index contributed by atoms with van der Waals surface area (Å²) in [5.41, 5.74) is 0.892. The zero-order valence-electron chi connectivity index (χ0n) is 8.03. The lowest BCUT2D eigenvalue weighted by Crippen LogP contribution is -2.13. The van der Waals surface area contributed by atoms with E-state index in [1.54, 1.807) is 0 Å². The molecule has 0 rings (SSSR count). The fraction of sp³-hybridized carbons (Fsp3) is 0.800. The van der Waals surface area contributed by atoms with Crippen molar-refractivity contribution in [2.45, 2.75) is 47.0 Å². The lowest BCUT2D eigenvalue weighted by atomic mass is 9.81. The second-order valence-electron chi connectivity index (χ2n) is 3.71. The molecule has 0 bridgehead atoms. The van der Waals surface area contributed by atoms with Gasteiger partial charge in [0.25, 0.3) is 0 Å². The van der Waals surface area contributed by atoms with E-state index in [1.165, 1.54) is 12.8 Å². The van der Waals surface area contributed by atoms with Crippen molar-refractivity contribution in [3.63, 3.8) is 0 Å². The molecule has 0 aromatic heterocycles. The van der Waals surface area contributed by atoms with Crippen molar-refractivity contribution in [2.75, 3.05) is 0 Å². The molecule has 0 radical (unpaired) electrons. The van der Waals surface area contributed by atoms with Crippen molar-refractivity contribution in [2.24, 2.45) is 5.41 Å².